The van der Waals surface area contributed by atoms with Crippen LogP contribution in [0, 0.1) is 3.57 Å². The molecule has 1 rings (SSSR count). The number of amides is 3. The number of nitrogens with two attached hydrogens (primary N) is 1. The number of benzene rings is 1. The number of primary amides is 1. The van der Waals surface area contributed by atoms with E-state index in [1.54, 1.807) is 24.3 Å². The van der Waals surface area contributed by atoms with E-state index in [0.717, 1.165) is 3.57 Å². The van der Waals surface area contributed by atoms with E-state index in [1.165, 1.54) is 0 Å². The van der Waals surface area contributed by atoms with Crippen LogP contribution in [0.25, 0.3) is 0 Å². The van der Waals surface area contributed by atoms with Gasteiger partial charge in [0.25, 0.3) is 0 Å². The molecule has 5 N–H and O–H groups in total. The zero-order valence-electron chi connectivity index (χ0n) is 9.72. The van der Waals surface area contributed by atoms with Crippen molar-refractivity contribution in [2.75, 3.05) is 5.32 Å². The highest BCUT2D eigenvalue weighted by Crippen LogP contribution is 2.10. The molecular formula is C11H12IN3O4. The lowest BCUT2D eigenvalue weighted by Gasteiger charge is -2.13. The van der Waals surface area contributed by atoms with Crippen molar-refractivity contribution in [2.24, 2.45) is 5.73 Å². The van der Waals surface area contributed by atoms with Crippen molar-refractivity contribution >= 4 is 46.2 Å². The Kier molecular flexibility index (Phi) is 5.55. The first-order chi connectivity index (χ1) is 8.88. The van der Waals surface area contributed by atoms with Crippen LogP contribution in [0.2, 0.25) is 0 Å². The molecule has 0 fully saturated rings. The first-order valence-corrected chi connectivity index (χ1v) is 6.30. The molecule has 1 atom stereocenters. The molecule has 102 valence electrons. The van der Waals surface area contributed by atoms with Gasteiger partial charge in [-0.15, -0.1) is 0 Å². The maximum Gasteiger partial charge on any atom is 0.326 e. The smallest absolute Gasteiger partial charge is 0.326 e. The van der Waals surface area contributed by atoms with Crippen molar-refractivity contribution < 1.29 is 19.5 Å². The standard InChI is InChI=1S/C11H12IN3O4/c12-6-1-3-7(4-2-6)14-11(19)15-8(10(17)18)5-9(13)16/h1-4,8H,5H2,(H2,13,16)(H,17,18)(H2,14,15,19)/t8-/m1/s1. The molecule has 8 heteroatoms. The lowest BCUT2D eigenvalue weighted by atomic mass is 10.2. The van der Waals surface area contributed by atoms with E-state index >= 15 is 0 Å². The van der Waals surface area contributed by atoms with Gasteiger partial charge in [0.05, 0.1) is 6.42 Å². The van der Waals surface area contributed by atoms with E-state index < -0.39 is 30.4 Å². The van der Waals surface area contributed by atoms with Crippen molar-refractivity contribution in [2.45, 2.75) is 12.5 Å². The number of anilines is 1. The van der Waals surface area contributed by atoms with Crippen LogP contribution in [0.3, 0.4) is 0 Å². The van der Waals surface area contributed by atoms with Gasteiger partial charge >= 0.3 is 12.0 Å². The third kappa shape index (κ3) is 5.55. The largest absolute Gasteiger partial charge is 0.480 e. The van der Waals surface area contributed by atoms with Crippen LogP contribution in [0.5, 0.6) is 0 Å². The Labute approximate surface area is 122 Å². The molecule has 1 aromatic carbocycles. The molecular weight excluding hydrogens is 365 g/mol. The van der Waals surface area contributed by atoms with E-state index in [2.05, 4.69) is 33.2 Å². The summed E-state index contributed by atoms with van der Waals surface area (Å²) < 4.78 is 1.00. The number of carboxylic acids is 1. The lowest BCUT2D eigenvalue weighted by molar-refractivity contribution is -0.140. The Morgan fingerprint density at radius 2 is 1.84 bits per heavy atom. The van der Waals surface area contributed by atoms with Crippen molar-refractivity contribution in [3.8, 4) is 0 Å². The lowest BCUT2D eigenvalue weighted by Crippen LogP contribution is -2.45. The minimum atomic E-state index is -1.35. The zero-order chi connectivity index (χ0) is 14.4. The molecule has 7 nitrogen and oxygen atoms in total. The third-order valence-corrected chi connectivity index (χ3v) is 2.83. The summed E-state index contributed by atoms with van der Waals surface area (Å²) in [5, 5.41) is 13.4. The fourth-order valence-electron chi connectivity index (χ4n) is 1.26. The molecule has 0 heterocycles. The SMILES string of the molecule is NC(=O)C[C@@H](NC(=O)Nc1ccc(I)cc1)C(=O)O. The highest BCUT2D eigenvalue weighted by atomic mass is 127. The molecule has 0 aliphatic rings. The number of hydrogen-bond donors (Lipinski definition) is 4. The zero-order valence-corrected chi connectivity index (χ0v) is 11.9. The van der Waals surface area contributed by atoms with Gasteiger partial charge in [-0.3, -0.25) is 4.79 Å². The maximum absolute atomic E-state index is 11.6. The van der Waals surface area contributed by atoms with Crippen molar-refractivity contribution in [1.82, 2.24) is 5.32 Å². The molecule has 0 saturated heterocycles. The number of urea groups is 1. The fraction of sp³-hybridized carbons (Fsp3) is 0.182. The number of rotatable bonds is 5. The van der Waals surface area contributed by atoms with Gasteiger partial charge in [-0.2, -0.15) is 0 Å². The molecule has 0 saturated carbocycles. The highest BCUT2D eigenvalue weighted by molar-refractivity contribution is 14.1. The monoisotopic (exact) mass is 377 g/mol. The molecule has 19 heavy (non-hydrogen) atoms. The molecule has 0 aromatic heterocycles. The van der Waals surface area contributed by atoms with Gasteiger partial charge in [0.2, 0.25) is 5.91 Å². The number of hydrogen-bond acceptors (Lipinski definition) is 3. The minimum Gasteiger partial charge on any atom is -0.480 e. The van der Waals surface area contributed by atoms with Crippen LogP contribution < -0.4 is 16.4 Å². The van der Waals surface area contributed by atoms with E-state index in [0.29, 0.717) is 5.69 Å². The predicted octanol–water partition coefficient (Wildman–Crippen LogP) is 0.741. The molecule has 0 aliphatic carbocycles. The molecule has 3 amide bonds. The quantitative estimate of drug-likeness (QED) is 0.566. The van der Waals surface area contributed by atoms with Gasteiger partial charge in [0, 0.05) is 9.26 Å². The Hall–Kier alpha value is -1.84. The van der Waals surface area contributed by atoms with Crippen LogP contribution in [-0.4, -0.2) is 29.1 Å². The average Bonchev–Trinajstić information content (AvgIpc) is 2.30. The van der Waals surface area contributed by atoms with Gasteiger partial charge in [-0.05, 0) is 46.9 Å². The van der Waals surface area contributed by atoms with E-state index in [4.69, 9.17) is 10.8 Å². The van der Waals surface area contributed by atoms with Crippen LogP contribution in [0.4, 0.5) is 10.5 Å². The number of carbonyl (C=O) groups is 3. The number of nitrogens with one attached hydrogen (secondary N) is 2. The Morgan fingerprint density at radius 3 is 2.32 bits per heavy atom. The molecule has 0 spiro atoms. The molecule has 0 aliphatic heterocycles. The van der Waals surface area contributed by atoms with E-state index in [9.17, 15) is 14.4 Å². The average molecular weight is 377 g/mol. The van der Waals surface area contributed by atoms with Crippen LogP contribution in [0.15, 0.2) is 24.3 Å². The molecule has 1 aromatic rings. The summed E-state index contributed by atoms with van der Waals surface area (Å²) in [4.78, 5) is 33.0. The Balaban J connectivity index is 2.59. The Morgan fingerprint density at radius 1 is 1.26 bits per heavy atom. The summed E-state index contributed by atoms with van der Waals surface area (Å²) in [6.07, 6.45) is -0.463. The minimum absolute atomic E-state index is 0.463. The highest BCUT2D eigenvalue weighted by Gasteiger charge is 2.21. The number of halogens is 1. The topological polar surface area (TPSA) is 122 Å². The second kappa shape index (κ2) is 6.92. The number of carbonyl (C=O) groups excluding carboxylic acids is 2. The van der Waals surface area contributed by atoms with Crippen LogP contribution >= 0.6 is 22.6 Å². The first kappa shape index (κ1) is 15.2. The second-order valence-corrected chi connectivity index (χ2v) is 4.91. The van der Waals surface area contributed by atoms with E-state index in [-0.39, 0.29) is 0 Å². The number of aliphatic carboxylic acids is 1. The van der Waals surface area contributed by atoms with Crippen LogP contribution in [0.1, 0.15) is 6.42 Å². The van der Waals surface area contributed by atoms with Gasteiger partial charge in [0.15, 0.2) is 0 Å². The summed E-state index contributed by atoms with van der Waals surface area (Å²) >= 11 is 2.11. The van der Waals surface area contributed by atoms with Gasteiger partial charge < -0.3 is 21.5 Å². The van der Waals surface area contributed by atoms with Crippen molar-refractivity contribution in [1.29, 1.82) is 0 Å². The normalized spacial score (nSPS) is 11.4. The molecule has 0 radical (unpaired) electrons. The van der Waals surface area contributed by atoms with Crippen molar-refractivity contribution in [3.05, 3.63) is 27.8 Å². The second-order valence-electron chi connectivity index (χ2n) is 3.67. The van der Waals surface area contributed by atoms with E-state index in [1.807, 2.05) is 0 Å². The van der Waals surface area contributed by atoms with Gasteiger partial charge in [0.1, 0.15) is 6.04 Å². The summed E-state index contributed by atoms with van der Waals surface area (Å²) in [7, 11) is 0. The number of carboxylic acid groups (broad SMARTS) is 1. The fourth-order valence-corrected chi connectivity index (χ4v) is 1.62. The van der Waals surface area contributed by atoms with Gasteiger partial charge in [-0.25, -0.2) is 9.59 Å². The third-order valence-electron chi connectivity index (χ3n) is 2.11. The molecule has 0 unspecified atom stereocenters. The summed E-state index contributed by atoms with van der Waals surface area (Å²) in [5.41, 5.74) is 5.42. The summed E-state index contributed by atoms with van der Waals surface area (Å²) in [6.45, 7) is 0. The summed E-state index contributed by atoms with van der Waals surface area (Å²) in [6, 6.07) is 4.86. The molecule has 0 bridgehead atoms. The maximum atomic E-state index is 11.6. The van der Waals surface area contributed by atoms with Crippen molar-refractivity contribution in [3.63, 3.8) is 0 Å². The predicted molar refractivity (Wildman–Crippen MR) is 76.5 cm³/mol. The van der Waals surface area contributed by atoms with Gasteiger partial charge in [-0.1, -0.05) is 0 Å². The Bertz CT molecular complexity index is 489. The summed E-state index contributed by atoms with van der Waals surface area (Å²) in [5.74, 6) is -2.13. The van der Waals surface area contributed by atoms with Crippen LogP contribution in [-0.2, 0) is 9.59 Å². The first-order valence-electron chi connectivity index (χ1n) is 5.22.